The number of hydrogen-bond acceptors (Lipinski definition) is 5. The molecule has 160 valence electrons. The summed E-state index contributed by atoms with van der Waals surface area (Å²) in [7, 11) is 0. The van der Waals surface area contributed by atoms with Crippen molar-refractivity contribution in [2.75, 3.05) is 10.6 Å². The van der Waals surface area contributed by atoms with Crippen molar-refractivity contribution in [1.29, 1.82) is 0 Å². The molecule has 2 amide bonds. The van der Waals surface area contributed by atoms with Crippen molar-refractivity contribution in [2.24, 2.45) is 0 Å². The zero-order chi connectivity index (χ0) is 21.9. The quantitative estimate of drug-likeness (QED) is 0.375. The lowest BCUT2D eigenvalue weighted by Crippen LogP contribution is -2.17. The molecule has 2 aromatic heterocycles. The summed E-state index contributed by atoms with van der Waals surface area (Å²) in [5.41, 5.74) is 2.20. The van der Waals surface area contributed by atoms with E-state index in [1.165, 1.54) is 17.6 Å². The van der Waals surface area contributed by atoms with Gasteiger partial charge in [0.2, 0.25) is 0 Å². The highest BCUT2D eigenvalue weighted by molar-refractivity contribution is 7.17. The molecule has 2 heterocycles. The highest BCUT2D eigenvalue weighted by Gasteiger charge is 2.28. The van der Waals surface area contributed by atoms with Crippen LogP contribution in [-0.4, -0.2) is 11.8 Å². The molecule has 6 nitrogen and oxygen atoms in total. The largest absolute Gasteiger partial charge is 0.459 e. The Labute approximate surface area is 188 Å². The number of aryl methyl sites for hydroxylation is 1. The third-order valence-electron chi connectivity index (χ3n) is 5.21. The molecule has 0 radical (unpaired) electrons. The minimum absolute atomic E-state index is 0.207. The molecule has 0 unspecified atom stereocenters. The molecule has 0 aliphatic heterocycles. The van der Waals surface area contributed by atoms with Gasteiger partial charge in [-0.05, 0) is 73.4 Å². The predicted molar refractivity (Wildman–Crippen MR) is 124 cm³/mol. The Balaban J connectivity index is 1.33. The number of furan rings is 1. The summed E-state index contributed by atoms with van der Waals surface area (Å²) in [6, 6.07) is 20.0. The van der Waals surface area contributed by atoms with E-state index in [1.807, 2.05) is 30.3 Å². The molecule has 2 aromatic carbocycles. The Kier molecular flexibility index (Phi) is 5.47. The van der Waals surface area contributed by atoms with Gasteiger partial charge in [0.15, 0.2) is 5.76 Å². The van der Waals surface area contributed by atoms with E-state index in [2.05, 4.69) is 10.6 Å². The zero-order valence-electron chi connectivity index (χ0n) is 17.1. The Bertz CT molecular complexity index is 1250. The van der Waals surface area contributed by atoms with Gasteiger partial charge in [0.25, 0.3) is 11.8 Å². The van der Waals surface area contributed by atoms with Crippen molar-refractivity contribution in [3.05, 3.63) is 94.8 Å². The van der Waals surface area contributed by atoms with Gasteiger partial charge in [0.1, 0.15) is 16.5 Å². The van der Waals surface area contributed by atoms with Crippen LogP contribution in [0, 0.1) is 0 Å². The monoisotopic (exact) mass is 444 g/mol. The van der Waals surface area contributed by atoms with Crippen LogP contribution in [0.5, 0.6) is 11.5 Å². The molecule has 1 aliphatic carbocycles. The van der Waals surface area contributed by atoms with Crippen molar-refractivity contribution >= 4 is 33.8 Å². The molecule has 7 heteroatoms. The van der Waals surface area contributed by atoms with Gasteiger partial charge < -0.3 is 19.8 Å². The van der Waals surface area contributed by atoms with E-state index in [4.69, 9.17) is 9.15 Å². The van der Waals surface area contributed by atoms with E-state index >= 15 is 0 Å². The van der Waals surface area contributed by atoms with Crippen LogP contribution in [0.4, 0.5) is 10.7 Å². The Hall–Kier alpha value is -3.84. The van der Waals surface area contributed by atoms with Crippen LogP contribution in [0.15, 0.2) is 77.4 Å². The predicted octanol–water partition coefficient (Wildman–Crippen LogP) is 6.13. The fraction of sp³-hybridized carbons (Fsp3) is 0.120. The summed E-state index contributed by atoms with van der Waals surface area (Å²) in [4.78, 5) is 26.8. The van der Waals surface area contributed by atoms with E-state index < -0.39 is 0 Å². The molecule has 2 N–H and O–H groups in total. The number of rotatable bonds is 6. The number of para-hydroxylation sites is 1. The van der Waals surface area contributed by atoms with E-state index in [0.717, 1.165) is 35.5 Å². The number of carbonyl (C=O) groups excluding carboxylic acids is 2. The second kappa shape index (κ2) is 8.72. The first-order valence-electron chi connectivity index (χ1n) is 10.3. The second-order valence-electron chi connectivity index (χ2n) is 7.39. The summed E-state index contributed by atoms with van der Waals surface area (Å²) in [6.07, 6.45) is 4.21. The number of anilines is 2. The number of hydrogen-bond donors (Lipinski definition) is 2. The lowest BCUT2D eigenvalue weighted by Gasteiger charge is -2.10. The van der Waals surface area contributed by atoms with Gasteiger partial charge in [0.05, 0.1) is 11.8 Å². The molecule has 5 rings (SSSR count). The van der Waals surface area contributed by atoms with Gasteiger partial charge in [-0.15, -0.1) is 11.3 Å². The number of ether oxygens (including phenoxy) is 1. The van der Waals surface area contributed by atoms with E-state index in [9.17, 15) is 9.59 Å². The smallest absolute Gasteiger partial charge is 0.291 e. The lowest BCUT2D eigenvalue weighted by atomic mass is 10.1. The van der Waals surface area contributed by atoms with Crippen LogP contribution < -0.4 is 15.4 Å². The van der Waals surface area contributed by atoms with Gasteiger partial charge >= 0.3 is 0 Å². The number of benzene rings is 2. The van der Waals surface area contributed by atoms with Crippen molar-refractivity contribution < 1.29 is 18.7 Å². The van der Waals surface area contributed by atoms with E-state index in [1.54, 1.807) is 36.4 Å². The minimum Gasteiger partial charge on any atom is -0.459 e. The van der Waals surface area contributed by atoms with Crippen molar-refractivity contribution in [3.8, 4) is 11.5 Å². The molecular formula is C25H20N2O4S. The maximum Gasteiger partial charge on any atom is 0.291 e. The number of thiophene rings is 1. The Morgan fingerprint density at radius 1 is 0.844 bits per heavy atom. The van der Waals surface area contributed by atoms with Crippen LogP contribution >= 0.6 is 11.3 Å². The minimum atomic E-state index is -0.369. The Morgan fingerprint density at radius 2 is 1.62 bits per heavy atom. The lowest BCUT2D eigenvalue weighted by molar-refractivity contribution is 0.0997. The SMILES string of the molecule is O=C(Nc1sc2c(c1C(=O)Nc1ccc(Oc3ccccc3)cc1)CCC2)c1ccco1. The average Bonchev–Trinajstić information content (AvgIpc) is 3.53. The number of fused-ring (bicyclic) bond motifs is 1. The van der Waals surface area contributed by atoms with Gasteiger partial charge in [-0.3, -0.25) is 9.59 Å². The molecule has 0 fully saturated rings. The van der Waals surface area contributed by atoms with Gasteiger partial charge in [-0.25, -0.2) is 0 Å². The van der Waals surface area contributed by atoms with Crippen molar-refractivity contribution in [2.45, 2.75) is 19.3 Å². The molecular weight excluding hydrogens is 424 g/mol. The number of carbonyl (C=O) groups is 2. The molecule has 32 heavy (non-hydrogen) atoms. The first-order valence-corrected chi connectivity index (χ1v) is 11.1. The molecule has 0 saturated carbocycles. The van der Waals surface area contributed by atoms with Gasteiger partial charge in [0, 0.05) is 10.6 Å². The molecule has 4 aromatic rings. The summed E-state index contributed by atoms with van der Waals surface area (Å²) in [5.74, 6) is 1.02. The maximum absolute atomic E-state index is 13.2. The van der Waals surface area contributed by atoms with Crippen LogP contribution in [0.1, 0.15) is 37.8 Å². The fourth-order valence-electron chi connectivity index (χ4n) is 3.73. The topological polar surface area (TPSA) is 80.6 Å². The van der Waals surface area contributed by atoms with Crippen LogP contribution in [0.3, 0.4) is 0 Å². The highest BCUT2D eigenvalue weighted by atomic mass is 32.1. The standard InChI is InChI=1S/C25H20N2O4S/c28-23(20-9-5-15-30-20)27-25-22(19-8-4-10-21(19)32-25)24(29)26-16-11-13-18(14-12-16)31-17-6-2-1-3-7-17/h1-3,5-7,9,11-15H,4,8,10H2,(H,26,29)(H,27,28). The van der Waals surface area contributed by atoms with Crippen molar-refractivity contribution in [1.82, 2.24) is 0 Å². The van der Waals surface area contributed by atoms with Gasteiger partial charge in [-0.2, -0.15) is 0 Å². The Morgan fingerprint density at radius 3 is 2.38 bits per heavy atom. The molecule has 0 atom stereocenters. The number of amides is 2. The van der Waals surface area contributed by atoms with Gasteiger partial charge in [-0.1, -0.05) is 18.2 Å². The average molecular weight is 445 g/mol. The van der Waals surface area contributed by atoms with Crippen molar-refractivity contribution in [3.63, 3.8) is 0 Å². The van der Waals surface area contributed by atoms with Crippen LogP contribution in [0.2, 0.25) is 0 Å². The zero-order valence-corrected chi connectivity index (χ0v) is 17.9. The molecule has 0 bridgehead atoms. The maximum atomic E-state index is 13.2. The first kappa shape index (κ1) is 20.1. The number of nitrogens with one attached hydrogen (secondary N) is 2. The van der Waals surface area contributed by atoms with E-state index in [0.29, 0.717) is 22.0 Å². The summed E-state index contributed by atoms with van der Waals surface area (Å²) < 4.78 is 11.0. The summed E-state index contributed by atoms with van der Waals surface area (Å²) >= 11 is 1.46. The normalized spacial score (nSPS) is 12.2. The third kappa shape index (κ3) is 4.15. The second-order valence-corrected chi connectivity index (χ2v) is 8.49. The van der Waals surface area contributed by atoms with E-state index in [-0.39, 0.29) is 17.6 Å². The highest BCUT2D eigenvalue weighted by Crippen LogP contribution is 2.39. The molecule has 0 spiro atoms. The fourth-order valence-corrected chi connectivity index (χ4v) is 5.01. The molecule has 1 aliphatic rings. The third-order valence-corrected chi connectivity index (χ3v) is 6.42. The summed E-state index contributed by atoms with van der Waals surface area (Å²) in [5, 5.41) is 6.35. The first-order chi connectivity index (χ1) is 15.7. The molecule has 0 saturated heterocycles. The van der Waals surface area contributed by atoms with Crippen LogP contribution in [-0.2, 0) is 12.8 Å². The summed E-state index contributed by atoms with van der Waals surface area (Å²) in [6.45, 7) is 0. The van der Waals surface area contributed by atoms with Crippen LogP contribution in [0.25, 0.3) is 0 Å².